The van der Waals surface area contributed by atoms with Crippen LogP contribution in [0, 0.1) is 6.92 Å². The second-order valence-electron chi connectivity index (χ2n) is 6.31. The Kier molecular flexibility index (Phi) is 5.14. The molecule has 0 bridgehead atoms. The Hall–Kier alpha value is -2.37. The molecule has 0 spiro atoms. The highest BCUT2D eigenvalue weighted by Gasteiger charge is 2.13. The van der Waals surface area contributed by atoms with Crippen molar-refractivity contribution >= 4 is 38.6 Å². The number of nitrogens with zero attached hydrogens (tertiary/aromatic N) is 2. The molecule has 0 amide bonds. The van der Waals surface area contributed by atoms with E-state index in [2.05, 4.69) is 28.1 Å². The van der Waals surface area contributed by atoms with Gasteiger partial charge < -0.3 is 0 Å². The van der Waals surface area contributed by atoms with Gasteiger partial charge in [0.1, 0.15) is 0 Å². The Balaban J connectivity index is 1.83. The molecule has 0 aliphatic rings. The zero-order valence-corrected chi connectivity index (χ0v) is 17.1. The van der Waals surface area contributed by atoms with Gasteiger partial charge >= 0.3 is 0 Å². The van der Waals surface area contributed by atoms with Crippen molar-refractivity contribution in [1.82, 2.24) is 9.55 Å². The normalized spacial score (nSPS) is 11.0. The van der Waals surface area contributed by atoms with Crippen LogP contribution in [-0.4, -0.2) is 9.55 Å². The predicted octanol–water partition coefficient (Wildman–Crippen LogP) is 5.75. The van der Waals surface area contributed by atoms with Crippen molar-refractivity contribution in [3.05, 3.63) is 98.7 Å². The van der Waals surface area contributed by atoms with Crippen molar-refractivity contribution in [2.45, 2.75) is 17.8 Å². The smallest absolute Gasteiger partial charge is 0.266 e. The van der Waals surface area contributed by atoms with E-state index in [0.717, 1.165) is 27.0 Å². The van der Waals surface area contributed by atoms with Crippen LogP contribution in [0.3, 0.4) is 0 Å². The molecule has 0 atom stereocenters. The molecule has 4 rings (SSSR count). The fourth-order valence-electron chi connectivity index (χ4n) is 2.91. The van der Waals surface area contributed by atoms with Gasteiger partial charge in [-0.1, -0.05) is 69.7 Å². The van der Waals surface area contributed by atoms with Crippen LogP contribution in [0.25, 0.3) is 16.6 Å². The standard InChI is InChI=1S/C22H17BrN2OS/c1-15-9-11-18(12-10-15)25-21(26)19-7-2-3-8-20(19)24-22(25)27-14-16-5-4-6-17(23)13-16/h2-13H,14H2,1H3. The van der Waals surface area contributed by atoms with Crippen LogP contribution in [0.4, 0.5) is 0 Å². The predicted molar refractivity (Wildman–Crippen MR) is 116 cm³/mol. The molecular weight excluding hydrogens is 420 g/mol. The third-order valence-electron chi connectivity index (χ3n) is 4.29. The molecule has 0 unspecified atom stereocenters. The highest BCUT2D eigenvalue weighted by molar-refractivity contribution is 9.10. The Morgan fingerprint density at radius 1 is 1.00 bits per heavy atom. The number of halogens is 1. The fraction of sp³-hybridized carbons (Fsp3) is 0.0909. The molecule has 1 heterocycles. The van der Waals surface area contributed by atoms with Gasteiger partial charge in [-0.15, -0.1) is 0 Å². The summed E-state index contributed by atoms with van der Waals surface area (Å²) in [5.74, 6) is 0.732. The van der Waals surface area contributed by atoms with E-state index in [0.29, 0.717) is 10.5 Å². The second-order valence-corrected chi connectivity index (χ2v) is 8.16. The fourth-order valence-corrected chi connectivity index (χ4v) is 4.31. The molecule has 3 nitrogen and oxygen atoms in total. The van der Waals surface area contributed by atoms with Crippen LogP contribution in [-0.2, 0) is 5.75 Å². The number of hydrogen-bond donors (Lipinski definition) is 0. The van der Waals surface area contributed by atoms with Crippen LogP contribution in [0.1, 0.15) is 11.1 Å². The van der Waals surface area contributed by atoms with Gasteiger partial charge in [-0.3, -0.25) is 9.36 Å². The minimum Gasteiger partial charge on any atom is -0.268 e. The number of thioether (sulfide) groups is 1. The lowest BCUT2D eigenvalue weighted by atomic mass is 10.2. The molecule has 5 heteroatoms. The summed E-state index contributed by atoms with van der Waals surface area (Å²) in [6.45, 7) is 2.04. The molecule has 27 heavy (non-hydrogen) atoms. The largest absolute Gasteiger partial charge is 0.268 e. The minimum atomic E-state index is -0.0406. The summed E-state index contributed by atoms with van der Waals surface area (Å²) >= 11 is 5.08. The van der Waals surface area contributed by atoms with E-state index in [1.165, 1.54) is 5.56 Å². The quantitative estimate of drug-likeness (QED) is 0.301. The number of fused-ring (bicyclic) bond motifs is 1. The van der Waals surface area contributed by atoms with Crippen molar-refractivity contribution < 1.29 is 0 Å². The lowest BCUT2D eigenvalue weighted by Gasteiger charge is -2.13. The molecule has 0 aliphatic carbocycles. The highest BCUT2D eigenvalue weighted by Crippen LogP contribution is 2.25. The van der Waals surface area contributed by atoms with E-state index in [1.54, 1.807) is 16.3 Å². The van der Waals surface area contributed by atoms with Gasteiger partial charge in [-0.2, -0.15) is 0 Å². The summed E-state index contributed by atoms with van der Waals surface area (Å²) in [6, 6.07) is 23.7. The van der Waals surface area contributed by atoms with E-state index in [4.69, 9.17) is 4.98 Å². The summed E-state index contributed by atoms with van der Waals surface area (Å²) in [4.78, 5) is 18.0. The average molecular weight is 437 g/mol. The van der Waals surface area contributed by atoms with Crippen LogP contribution >= 0.6 is 27.7 Å². The maximum absolute atomic E-state index is 13.2. The van der Waals surface area contributed by atoms with E-state index < -0.39 is 0 Å². The molecule has 0 aliphatic heterocycles. The summed E-state index contributed by atoms with van der Waals surface area (Å²) in [5, 5.41) is 1.33. The molecule has 0 radical (unpaired) electrons. The van der Waals surface area contributed by atoms with Crippen molar-refractivity contribution in [2.75, 3.05) is 0 Å². The van der Waals surface area contributed by atoms with Crippen LogP contribution in [0.5, 0.6) is 0 Å². The van der Waals surface area contributed by atoms with E-state index >= 15 is 0 Å². The molecule has 134 valence electrons. The van der Waals surface area contributed by atoms with Crippen molar-refractivity contribution in [3.63, 3.8) is 0 Å². The number of hydrogen-bond acceptors (Lipinski definition) is 3. The Morgan fingerprint density at radius 3 is 2.56 bits per heavy atom. The monoisotopic (exact) mass is 436 g/mol. The maximum Gasteiger partial charge on any atom is 0.266 e. The van der Waals surface area contributed by atoms with Crippen LogP contribution in [0.2, 0.25) is 0 Å². The summed E-state index contributed by atoms with van der Waals surface area (Å²) < 4.78 is 2.76. The van der Waals surface area contributed by atoms with Crippen LogP contribution < -0.4 is 5.56 Å². The van der Waals surface area contributed by atoms with E-state index in [9.17, 15) is 4.79 Å². The number of para-hydroxylation sites is 1. The molecule has 0 saturated carbocycles. The zero-order valence-electron chi connectivity index (χ0n) is 14.7. The summed E-state index contributed by atoms with van der Waals surface area (Å²) in [7, 11) is 0. The number of aromatic nitrogens is 2. The SMILES string of the molecule is Cc1ccc(-n2c(SCc3cccc(Br)c3)nc3ccccc3c2=O)cc1. The first-order valence-corrected chi connectivity index (χ1v) is 10.4. The molecular formula is C22H17BrN2OS. The van der Waals surface area contributed by atoms with Gasteiger partial charge in [0.05, 0.1) is 16.6 Å². The summed E-state index contributed by atoms with van der Waals surface area (Å²) in [6.07, 6.45) is 0. The summed E-state index contributed by atoms with van der Waals surface area (Å²) in [5.41, 5.74) is 3.85. The van der Waals surface area contributed by atoms with Gasteiger partial charge in [0.2, 0.25) is 0 Å². The van der Waals surface area contributed by atoms with Crippen LogP contribution in [0.15, 0.2) is 87.2 Å². The second kappa shape index (κ2) is 7.71. The molecule has 4 aromatic rings. The zero-order chi connectivity index (χ0) is 18.8. The van der Waals surface area contributed by atoms with Crippen molar-refractivity contribution in [1.29, 1.82) is 0 Å². The van der Waals surface area contributed by atoms with Crippen molar-refractivity contribution in [2.24, 2.45) is 0 Å². The van der Waals surface area contributed by atoms with E-state index in [-0.39, 0.29) is 5.56 Å². The number of benzene rings is 3. The van der Waals surface area contributed by atoms with E-state index in [1.807, 2.05) is 67.6 Å². The first-order chi connectivity index (χ1) is 13.1. The average Bonchev–Trinajstić information content (AvgIpc) is 2.68. The topological polar surface area (TPSA) is 34.9 Å². The first-order valence-electron chi connectivity index (χ1n) is 8.58. The minimum absolute atomic E-state index is 0.0406. The lowest BCUT2D eigenvalue weighted by Crippen LogP contribution is -2.21. The van der Waals surface area contributed by atoms with Gasteiger partial charge in [-0.05, 0) is 48.9 Å². The lowest BCUT2D eigenvalue weighted by molar-refractivity contribution is 0.819. The Morgan fingerprint density at radius 2 is 1.78 bits per heavy atom. The third kappa shape index (κ3) is 3.84. The molecule has 0 N–H and O–H groups in total. The van der Waals surface area contributed by atoms with Crippen molar-refractivity contribution in [3.8, 4) is 5.69 Å². The van der Waals surface area contributed by atoms with Gasteiger partial charge in [0.15, 0.2) is 5.16 Å². The first kappa shape index (κ1) is 18.0. The Bertz CT molecular complexity index is 1170. The van der Waals surface area contributed by atoms with Gasteiger partial charge in [0.25, 0.3) is 5.56 Å². The Labute approximate surface area is 170 Å². The molecule has 0 saturated heterocycles. The highest BCUT2D eigenvalue weighted by atomic mass is 79.9. The molecule has 1 aromatic heterocycles. The number of aryl methyl sites for hydroxylation is 1. The molecule has 0 fully saturated rings. The number of rotatable bonds is 4. The van der Waals surface area contributed by atoms with Gasteiger partial charge in [0, 0.05) is 10.2 Å². The van der Waals surface area contributed by atoms with Gasteiger partial charge in [-0.25, -0.2) is 4.98 Å². The third-order valence-corrected chi connectivity index (χ3v) is 5.80. The molecule has 3 aromatic carbocycles. The maximum atomic E-state index is 13.2.